The molecule has 0 saturated heterocycles. The van der Waals surface area contributed by atoms with Gasteiger partial charge in [0.2, 0.25) is 5.91 Å². The molecule has 86 valence electrons. The van der Waals surface area contributed by atoms with Gasteiger partial charge in [0.1, 0.15) is 0 Å². The van der Waals surface area contributed by atoms with E-state index in [9.17, 15) is 9.59 Å². The van der Waals surface area contributed by atoms with Gasteiger partial charge in [-0.15, -0.1) is 0 Å². The van der Waals surface area contributed by atoms with Crippen LogP contribution in [-0.4, -0.2) is 36.1 Å². The topological polar surface area (TPSA) is 78.4 Å². The fraction of sp³-hybridized carbons (Fsp3) is 0.800. The Labute approximate surface area is 89.2 Å². The Hall–Kier alpha value is -1.10. The third-order valence-corrected chi connectivity index (χ3v) is 2.60. The fourth-order valence-electron chi connectivity index (χ4n) is 1.24. The minimum Gasteiger partial charge on any atom is -0.481 e. The number of aliphatic carboxylic acids is 1. The highest BCUT2D eigenvalue weighted by molar-refractivity contribution is 5.81. The Morgan fingerprint density at radius 1 is 1.40 bits per heavy atom. The maximum atomic E-state index is 11.3. The van der Waals surface area contributed by atoms with Crippen LogP contribution in [0.4, 0.5) is 0 Å². The lowest BCUT2D eigenvalue weighted by Gasteiger charge is -2.12. The van der Waals surface area contributed by atoms with Crippen molar-refractivity contribution < 1.29 is 14.7 Å². The van der Waals surface area contributed by atoms with Crippen LogP contribution in [-0.2, 0) is 9.59 Å². The average Bonchev–Trinajstić information content (AvgIpc) is 2.92. The second kappa shape index (κ2) is 4.61. The van der Waals surface area contributed by atoms with Gasteiger partial charge in [-0.25, -0.2) is 0 Å². The molecule has 1 saturated carbocycles. The summed E-state index contributed by atoms with van der Waals surface area (Å²) in [5, 5.41) is 14.5. The molecule has 0 aromatic rings. The van der Waals surface area contributed by atoms with Gasteiger partial charge >= 0.3 is 5.97 Å². The molecule has 0 bridgehead atoms. The summed E-state index contributed by atoms with van der Waals surface area (Å²) in [4.78, 5) is 22.1. The molecule has 1 fully saturated rings. The monoisotopic (exact) mass is 214 g/mol. The number of carboxylic acid groups (broad SMARTS) is 1. The van der Waals surface area contributed by atoms with Crippen LogP contribution in [0.2, 0.25) is 0 Å². The summed E-state index contributed by atoms with van der Waals surface area (Å²) in [6.07, 6.45) is 1.33. The van der Waals surface area contributed by atoms with Gasteiger partial charge in [0.25, 0.3) is 0 Å². The van der Waals surface area contributed by atoms with Crippen molar-refractivity contribution in [3.8, 4) is 0 Å². The van der Waals surface area contributed by atoms with Gasteiger partial charge in [-0.3, -0.25) is 9.59 Å². The fourth-order valence-corrected chi connectivity index (χ4v) is 1.24. The SMILES string of the molecule is CC(C)NCC(=O)NCC1(C(=O)O)CC1. The molecule has 3 N–H and O–H groups in total. The Morgan fingerprint density at radius 3 is 2.40 bits per heavy atom. The summed E-state index contributed by atoms with van der Waals surface area (Å²) < 4.78 is 0. The van der Waals surface area contributed by atoms with E-state index in [0.29, 0.717) is 12.8 Å². The number of carbonyl (C=O) groups excluding carboxylic acids is 1. The van der Waals surface area contributed by atoms with E-state index in [0.717, 1.165) is 0 Å². The predicted octanol–water partition coefficient (Wildman–Crippen LogP) is -0.0346. The first-order valence-corrected chi connectivity index (χ1v) is 5.20. The summed E-state index contributed by atoms with van der Waals surface area (Å²) in [6, 6.07) is 0.255. The zero-order valence-electron chi connectivity index (χ0n) is 9.17. The van der Waals surface area contributed by atoms with Crippen molar-refractivity contribution in [2.24, 2.45) is 5.41 Å². The minimum absolute atomic E-state index is 0.142. The first kappa shape index (κ1) is 12.0. The first-order chi connectivity index (χ1) is 6.96. The van der Waals surface area contributed by atoms with Crippen molar-refractivity contribution in [2.75, 3.05) is 13.1 Å². The van der Waals surface area contributed by atoms with E-state index in [-0.39, 0.29) is 25.0 Å². The Bertz CT molecular complexity index is 259. The van der Waals surface area contributed by atoms with Crippen LogP contribution < -0.4 is 10.6 Å². The van der Waals surface area contributed by atoms with Gasteiger partial charge in [-0.2, -0.15) is 0 Å². The summed E-state index contributed by atoms with van der Waals surface area (Å²) in [7, 11) is 0. The smallest absolute Gasteiger partial charge is 0.311 e. The molecule has 1 rings (SSSR count). The van der Waals surface area contributed by atoms with Gasteiger partial charge in [-0.05, 0) is 12.8 Å². The molecular weight excluding hydrogens is 196 g/mol. The van der Waals surface area contributed by atoms with Crippen molar-refractivity contribution in [3.63, 3.8) is 0 Å². The van der Waals surface area contributed by atoms with Crippen LogP contribution in [0.3, 0.4) is 0 Å². The third-order valence-electron chi connectivity index (χ3n) is 2.60. The molecule has 5 heteroatoms. The number of carboxylic acids is 1. The summed E-state index contributed by atoms with van der Waals surface area (Å²) in [5.74, 6) is -0.948. The Morgan fingerprint density at radius 2 is 2.00 bits per heavy atom. The largest absolute Gasteiger partial charge is 0.481 e. The van der Waals surface area contributed by atoms with Crippen molar-refractivity contribution in [2.45, 2.75) is 32.7 Å². The third kappa shape index (κ3) is 3.51. The Balaban J connectivity index is 2.20. The predicted molar refractivity (Wildman–Crippen MR) is 55.5 cm³/mol. The normalized spacial score (nSPS) is 17.5. The number of hydrogen-bond donors (Lipinski definition) is 3. The van der Waals surface area contributed by atoms with Crippen molar-refractivity contribution in [1.29, 1.82) is 0 Å². The van der Waals surface area contributed by atoms with Gasteiger partial charge in [-0.1, -0.05) is 13.8 Å². The van der Waals surface area contributed by atoms with Gasteiger partial charge in [0.05, 0.1) is 12.0 Å². The molecule has 0 aliphatic heterocycles. The molecule has 0 atom stereocenters. The molecule has 1 amide bonds. The Kier molecular flexibility index (Phi) is 3.68. The van der Waals surface area contributed by atoms with E-state index < -0.39 is 11.4 Å². The summed E-state index contributed by atoms with van der Waals surface area (Å²) >= 11 is 0. The highest BCUT2D eigenvalue weighted by Gasteiger charge is 2.50. The van der Waals surface area contributed by atoms with Crippen molar-refractivity contribution in [1.82, 2.24) is 10.6 Å². The molecule has 0 aromatic heterocycles. The lowest BCUT2D eigenvalue weighted by molar-refractivity contribution is -0.143. The van der Waals surface area contributed by atoms with Gasteiger partial charge < -0.3 is 15.7 Å². The zero-order chi connectivity index (χ0) is 11.5. The van der Waals surface area contributed by atoms with Crippen LogP contribution in [0.1, 0.15) is 26.7 Å². The molecule has 0 spiro atoms. The zero-order valence-corrected chi connectivity index (χ0v) is 9.17. The van der Waals surface area contributed by atoms with Crippen molar-refractivity contribution >= 4 is 11.9 Å². The van der Waals surface area contributed by atoms with E-state index in [1.807, 2.05) is 13.8 Å². The highest BCUT2D eigenvalue weighted by atomic mass is 16.4. The first-order valence-electron chi connectivity index (χ1n) is 5.20. The molecule has 0 unspecified atom stereocenters. The van der Waals surface area contributed by atoms with Crippen LogP contribution >= 0.6 is 0 Å². The van der Waals surface area contributed by atoms with E-state index >= 15 is 0 Å². The van der Waals surface area contributed by atoms with Crippen molar-refractivity contribution in [3.05, 3.63) is 0 Å². The maximum Gasteiger partial charge on any atom is 0.311 e. The molecule has 15 heavy (non-hydrogen) atoms. The van der Waals surface area contributed by atoms with Crippen LogP contribution in [0.15, 0.2) is 0 Å². The molecular formula is C10H18N2O3. The lowest BCUT2D eigenvalue weighted by Crippen LogP contribution is -2.40. The highest BCUT2D eigenvalue weighted by Crippen LogP contribution is 2.45. The van der Waals surface area contributed by atoms with Crippen LogP contribution in [0.5, 0.6) is 0 Å². The number of rotatable bonds is 6. The number of nitrogens with one attached hydrogen (secondary N) is 2. The number of hydrogen-bond acceptors (Lipinski definition) is 3. The molecule has 1 aliphatic rings. The second-order valence-corrected chi connectivity index (χ2v) is 4.40. The second-order valence-electron chi connectivity index (χ2n) is 4.40. The molecule has 0 heterocycles. The molecule has 0 radical (unpaired) electrons. The standard InChI is InChI=1S/C10H18N2O3/c1-7(2)11-5-8(13)12-6-10(3-4-10)9(14)15/h7,11H,3-6H2,1-2H3,(H,12,13)(H,14,15). The lowest BCUT2D eigenvalue weighted by atomic mass is 10.1. The van der Waals surface area contributed by atoms with E-state index in [2.05, 4.69) is 10.6 Å². The van der Waals surface area contributed by atoms with E-state index in [1.54, 1.807) is 0 Å². The van der Waals surface area contributed by atoms with Crippen LogP contribution in [0.25, 0.3) is 0 Å². The van der Waals surface area contributed by atoms with Crippen LogP contribution in [0, 0.1) is 5.41 Å². The maximum absolute atomic E-state index is 11.3. The van der Waals surface area contributed by atoms with Gasteiger partial charge in [0.15, 0.2) is 0 Å². The molecule has 1 aliphatic carbocycles. The van der Waals surface area contributed by atoms with Gasteiger partial charge in [0, 0.05) is 12.6 Å². The summed E-state index contributed by atoms with van der Waals surface area (Å²) in [6.45, 7) is 4.40. The minimum atomic E-state index is -0.806. The number of amides is 1. The quantitative estimate of drug-likeness (QED) is 0.580. The molecule has 0 aromatic carbocycles. The van der Waals surface area contributed by atoms with E-state index in [1.165, 1.54) is 0 Å². The average molecular weight is 214 g/mol. The van der Waals surface area contributed by atoms with E-state index in [4.69, 9.17) is 5.11 Å². The molecule has 5 nitrogen and oxygen atoms in total. The summed E-state index contributed by atoms with van der Waals surface area (Å²) in [5.41, 5.74) is -0.673. The number of carbonyl (C=O) groups is 2.